The molecule has 0 saturated carbocycles. The van der Waals surface area contributed by atoms with Gasteiger partial charge in [-0.15, -0.1) is 0 Å². The molecule has 110 valence electrons. The van der Waals surface area contributed by atoms with E-state index < -0.39 is 0 Å². The van der Waals surface area contributed by atoms with E-state index in [0.717, 1.165) is 36.4 Å². The van der Waals surface area contributed by atoms with Crippen LogP contribution in [-0.2, 0) is 6.42 Å². The maximum absolute atomic E-state index is 6.00. The van der Waals surface area contributed by atoms with Crippen molar-refractivity contribution in [3.63, 3.8) is 0 Å². The molecule has 1 aliphatic heterocycles. The van der Waals surface area contributed by atoms with Crippen LogP contribution in [0.5, 0.6) is 17.5 Å². The number of aromatic nitrogens is 2. The van der Waals surface area contributed by atoms with Gasteiger partial charge in [0, 0.05) is 6.54 Å². The van der Waals surface area contributed by atoms with Crippen LogP contribution in [-0.4, -0.2) is 23.1 Å². The number of hydrogen-bond donors (Lipinski definition) is 1. The summed E-state index contributed by atoms with van der Waals surface area (Å²) in [7, 11) is 0. The van der Waals surface area contributed by atoms with Crippen LogP contribution in [0.2, 0.25) is 0 Å². The maximum atomic E-state index is 6.00. The Bertz CT molecular complexity index is 643. The van der Waals surface area contributed by atoms with Gasteiger partial charge in [0.15, 0.2) is 5.75 Å². The molecule has 5 nitrogen and oxygen atoms in total. The van der Waals surface area contributed by atoms with E-state index in [-0.39, 0.29) is 0 Å². The third kappa shape index (κ3) is 2.77. The number of nitrogens with zero attached hydrogens (tertiary/aromatic N) is 2. The number of rotatable bonds is 4. The van der Waals surface area contributed by atoms with E-state index in [4.69, 9.17) is 9.47 Å². The first-order chi connectivity index (χ1) is 10.3. The molecule has 1 N–H and O–H groups in total. The molecule has 5 heteroatoms. The first kappa shape index (κ1) is 13.7. The lowest BCUT2D eigenvalue weighted by Gasteiger charge is -2.21. The van der Waals surface area contributed by atoms with Gasteiger partial charge in [-0.1, -0.05) is 12.1 Å². The quantitative estimate of drug-likeness (QED) is 0.933. The summed E-state index contributed by atoms with van der Waals surface area (Å²) in [4.78, 5) is 8.35. The molecule has 21 heavy (non-hydrogen) atoms. The second-order valence-electron chi connectivity index (χ2n) is 4.96. The van der Waals surface area contributed by atoms with Crippen LogP contribution in [0.4, 0.5) is 5.69 Å². The first-order valence-corrected chi connectivity index (χ1v) is 7.27. The summed E-state index contributed by atoms with van der Waals surface area (Å²) in [6, 6.07) is 6.10. The molecular weight excluding hydrogens is 266 g/mol. The lowest BCUT2D eigenvalue weighted by atomic mass is 10.0. The summed E-state index contributed by atoms with van der Waals surface area (Å²) in [6.45, 7) is 5.38. The Labute approximate surface area is 124 Å². The monoisotopic (exact) mass is 285 g/mol. The lowest BCUT2D eigenvalue weighted by molar-refractivity contribution is 0.319. The number of nitrogens with one attached hydrogen (secondary N) is 1. The van der Waals surface area contributed by atoms with E-state index >= 15 is 0 Å². The summed E-state index contributed by atoms with van der Waals surface area (Å²) < 4.78 is 11.5. The lowest BCUT2D eigenvalue weighted by Crippen LogP contribution is -2.12. The highest BCUT2D eigenvalue weighted by Gasteiger charge is 2.16. The van der Waals surface area contributed by atoms with Gasteiger partial charge in [0.2, 0.25) is 11.8 Å². The Balaban J connectivity index is 1.92. The molecule has 0 radical (unpaired) electrons. The fourth-order valence-electron chi connectivity index (χ4n) is 2.47. The Hall–Kier alpha value is -2.30. The molecule has 0 atom stereocenters. The molecule has 0 bridgehead atoms. The van der Waals surface area contributed by atoms with Gasteiger partial charge in [0.05, 0.1) is 17.9 Å². The number of benzene rings is 1. The predicted octanol–water partition coefficient (Wildman–Crippen LogP) is 3.33. The molecule has 0 spiro atoms. The number of anilines is 1. The molecule has 0 aliphatic carbocycles. The molecule has 0 unspecified atom stereocenters. The number of aryl methyl sites for hydroxylation is 1. The van der Waals surface area contributed by atoms with Crippen molar-refractivity contribution in [2.75, 3.05) is 18.5 Å². The Morgan fingerprint density at radius 2 is 2.10 bits per heavy atom. The summed E-state index contributed by atoms with van der Waals surface area (Å²) in [5.74, 6) is 1.91. The molecular formula is C16H19N3O2. The minimum atomic E-state index is 0.536. The van der Waals surface area contributed by atoms with Crippen molar-refractivity contribution in [1.29, 1.82) is 0 Å². The standard InChI is InChI=1S/C16H19N3O2/c1-3-20-15-11(2)16(19-10-18-15)21-13-8-4-6-12-7-5-9-17-14(12)13/h4,6,8,10,17H,3,5,7,9H2,1-2H3. The van der Waals surface area contributed by atoms with Gasteiger partial charge >= 0.3 is 0 Å². The van der Waals surface area contributed by atoms with Gasteiger partial charge in [-0.3, -0.25) is 0 Å². The van der Waals surface area contributed by atoms with Gasteiger partial charge in [0.1, 0.15) is 6.33 Å². The Morgan fingerprint density at radius 3 is 2.95 bits per heavy atom. The van der Waals surface area contributed by atoms with E-state index in [1.54, 1.807) is 0 Å². The molecule has 1 aromatic carbocycles. The predicted molar refractivity (Wildman–Crippen MR) is 81.3 cm³/mol. The molecule has 0 fully saturated rings. The van der Waals surface area contributed by atoms with Crippen molar-refractivity contribution in [3.05, 3.63) is 35.7 Å². The number of ether oxygens (including phenoxy) is 2. The Morgan fingerprint density at radius 1 is 1.24 bits per heavy atom. The zero-order chi connectivity index (χ0) is 14.7. The summed E-state index contributed by atoms with van der Waals surface area (Å²) in [5.41, 5.74) is 3.17. The van der Waals surface area contributed by atoms with Crippen LogP contribution in [0, 0.1) is 6.92 Å². The second kappa shape index (κ2) is 5.99. The largest absolute Gasteiger partial charge is 0.478 e. The zero-order valence-corrected chi connectivity index (χ0v) is 12.3. The van der Waals surface area contributed by atoms with E-state index in [1.807, 2.05) is 26.0 Å². The third-order valence-electron chi connectivity index (χ3n) is 3.52. The van der Waals surface area contributed by atoms with Gasteiger partial charge in [0.25, 0.3) is 0 Å². The maximum Gasteiger partial charge on any atom is 0.229 e. The van der Waals surface area contributed by atoms with Crippen LogP contribution < -0.4 is 14.8 Å². The molecule has 2 heterocycles. The van der Waals surface area contributed by atoms with Crippen molar-refractivity contribution in [3.8, 4) is 17.5 Å². The fourth-order valence-corrected chi connectivity index (χ4v) is 2.47. The van der Waals surface area contributed by atoms with Crippen molar-refractivity contribution >= 4 is 5.69 Å². The average molecular weight is 285 g/mol. The fraction of sp³-hybridized carbons (Fsp3) is 0.375. The number of fused-ring (bicyclic) bond motifs is 1. The normalized spacial score (nSPS) is 13.2. The molecule has 1 aliphatic rings. The van der Waals surface area contributed by atoms with Crippen LogP contribution in [0.3, 0.4) is 0 Å². The van der Waals surface area contributed by atoms with Crippen molar-refractivity contribution < 1.29 is 9.47 Å². The second-order valence-corrected chi connectivity index (χ2v) is 4.96. The van der Waals surface area contributed by atoms with Gasteiger partial charge in [-0.25, -0.2) is 9.97 Å². The highest BCUT2D eigenvalue weighted by atomic mass is 16.5. The summed E-state index contributed by atoms with van der Waals surface area (Å²) in [6.07, 6.45) is 3.69. The van der Waals surface area contributed by atoms with Crippen molar-refractivity contribution in [2.45, 2.75) is 26.7 Å². The van der Waals surface area contributed by atoms with Crippen LogP contribution in [0.1, 0.15) is 24.5 Å². The third-order valence-corrected chi connectivity index (χ3v) is 3.52. The highest BCUT2D eigenvalue weighted by molar-refractivity contribution is 5.64. The number of para-hydroxylation sites is 1. The molecule has 2 aromatic rings. The zero-order valence-electron chi connectivity index (χ0n) is 12.3. The summed E-state index contributed by atoms with van der Waals surface area (Å²) in [5, 5.41) is 3.41. The molecule has 3 rings (SSSR count). The average Bonchev–Trinajstić information content (AvgIpc) is 2.52. The van der Waals surface area contributed by atoms with E-state index in [1.165, 1.54) is 11.9 Å². The topological polar surface area (TPSA) is 56.3 Å². The Kier molecular flexibility index (Phi) is 3.90. The smallest absolute Gasteiger partial charge is 0.229 e. The number of hydrogen-bond acceptors (Lipinski definition) is 5. The van der Waals surface area contributed by atoms with Crippen LogP contribution >= 0.6 is 0 Å². The van der Waals surface area contributed by atoms with Gasteiger partial charge in [-0.2, -0.15) is 0 Å². The highest BCUT2D eigenvalue weighted by Crippen LogP contribution is 2.36. The molecule has 0 saturated heterocycles. The molecule has 1 aromatic heterocycles. The van der Waals surface area contributed by atoms with E-state index in [0.29, 0.717) is 18.4 Å². The van der Waals surface area contributed by atoms with E-state index in [9.17, 15) is 0 Å². The van der Waals surface area contributed by atoms with Crippen molar-refractivity contribution in [1.82, 2.24) is 9.97 Å². The van der Waals surface area contributed by atoms with Gasteiger partial charge in [-0.05, 0) is 38.3 Å². The van der Waals surface area contributed by atoms with Crippen LogP contribution in [0.15, 0.2) is 24.5 Å². The minimum absolute atomic E-state index is 0.536. The SMILES string of the molecule is CCOc1ncnc(Oc2cccc3c2NCCC3)c1C. The minimum Gasteiger partial charge on any atom is -0.478 e. The van der Waals surface area contributed by atoms with Gasteiger partial charge < -0.3 is 14.8 Å². The first-order valence-electron chi connectivity index (χ1n) is 7.27. The van der Waals surface area contributed by atoms with Crippen LogP contribution in [0.25, 0.3) is 0 Å². The molecule has 0 amide bonds. The summed E-state index contributed by atoms with van der Waals surface area (Å²) >= 11 is 0. The van der Waals surface area contributed by atoms with Crippen molar-refractivity contribution in [2.24, 2.45) is 0 Å². The van der Waals surface area contributed by atoms with E-state index in [2.05, 4.69) is 21.4 Å².